The summed E-state index contributed by atoms with van der Waals surface area (Å²) < 4.78 is 43.2. The summed E-state index contributed by atoms with van der Waals surface area (Å²) in [6, 6.07) is 19.0. The monoisotopic (exact) mass is 636 g/mol. The summed E-state index contributed by atoms with van der Waals surface area (Å²) in [7, 11) is 9.39. The first-order valence-corrected chi connectivity index (χ1v) is 16.2. The zero-order chi connectivity index (χ0) is 32.2. The quantitative estimate of drug-likeness (QED) is 0.239. The predicted molar refractivity (Wildman–Crippen MR) is 177 cm³/mol. The van der Waals surface area contributed by atoms with Gasteiger partial charge in [0.2, 0.25) is 18.3 Å². The molecule has 5 aliphatic heterocycles. The number of methoxy groups -OCH3 is 3. The maximum atomic E-state index is 7.04. The van der Waals surface area contributed by atoms with E-state index < -0.39 is 0 Å². The van der Waals surface area contributed by atoms with Crippen molar-refractivity contribution in [2.45, 2.75) is 37.8 Å². The third-order valence-corrected chi connectivity index (χ3v) is 10.1. The fraction of sp³-hybridized carbons (Fsp3) is 0.368. The van der Waals surface area contributed by atoms with Crippen LogP contribution in [-0.4, -0.2) is 65.1 Å². The van der Waals surface area contributed by atoms with E-state index in [-0.39, 0.29) is 18.9 Å². The maximum Gasteiger partial charge on any atom is 0.231 e. The first-order chi connectivity index (χ1) is 22.9. The summed E-state index contributed by atoms with van der Waals surface area (Å²) in [6.07, 6.45) is 3.29. The smallest absolute Gasteiger partial charge is 0.231 e. The van der Waals surface area contributed by atoms with Gasteiger partial charge in [-0.3, -0.25) is 9.80 Å². The lowest BCUT2D eigenvalue weighted by molar-refractivity contribution is 0.171. The van der Waals surface area contributed by atoms with Crippen molar-refractivity contribution in [1.82, 2.24) is 9.80 Å². The number of hydrogen-bond acceptors (Lipinski definition) is 9. The van der Waals surface area contributed by atoms with Crippen LogP contribution in [0.1, 0.15) is 45.5 Å². The molecule has 0 saturated carbocycles. The van der Waals surface area contributed by atoms with Crippen LogP contribution in [0.2, 0.25) is 0 Å². The average Bonchev–Trinajstić information content (AvgIpc) is 3.56. The number of benzene rings is 4. The molecule has 5 aliphatic rings. The van der Waals surface area contributed by atoms with E-state index in [4.69, 9.17) is 33.2 Å². The first kappa shape index (κ1) is 29.8. The summed E-state index contributed by atoms with van der Waals surface area (Å²) in [4.78, 5) is 4.80. The molecular weight excluding hydrogens is 596 g/mol. The highest BCUT2D eigenvalue weighted by molar-refractivity contribution is 5.64. The molecule has 4 aromatic rings. The van der Waals surface area contributed by atoms with Gasteiger partial charge in [-0.2, -0.15) is 0 Å². The molecule has 0 aliphatic carbocycles. The van der Waals surface area contributed by atoms with Crippen LogP contribution in [0.5, 0.6) is 51.7 Å². The molecule has 6 bridgehead atoms. The molecule has 9 rings (SSSR count). The van der Waals surface area contributed by atoms with E-state index >= 15 is 0 Å². The Bertz CT molecular complexity index is 1840. The van der Waals surface area contributed by atoms with Crippen molar-refractivity contribution in [3.05, 3.63) is 88.0 Å². The topological polar surface area (TPSA) is 71.1 Å². The van der Waals surface area contributed by atoms with Gasteiger partial charge in [0.05, 0.1) is 21.3 Å². The Morgan fingerprint density at radius 2 is 1.34 bits per heavy atom. The van der Waals surface area contributed by atoms with Crippen molar-refractivity contribution >= 4 is 0 Å². The Morgan fingerprint density at radius 3 is 2.11 bits per heavy atom. The SMILES string of the molecule is COc1cc2c3cc1Oc1c(OC)c(OC)cc4c1[C@@H](Cc1cc5c(c(c1)Oc1ccc(cc1)C[C@H]3N(C)CC2)OCO5)N(C)CC4. The third-order valence-electron chi connectivity index (χ3n) is 10.1. The van der Waals surface area contributed by atoms with Crippen LogP contribution in [0.3, 0.4) is 0 Å². The van der Waals surface area contributed by atoms with Gasteiger partial charge in [0.1, 0.15) is 5.75 Å². The molecular formula is C38H40N2O7. The van der Waals surface area contributed by atoms with E-state index in [0.717, 1.165) is 49.2 Å². The minimum Gasteiger partial charge on any atom is -0.493 e. The van der Waals surface area contributed by atoms with Gasteiger partial charge in [0.25, 0.3) is 0 Å². The highest BCUT2D eigenvalue weighted by atomic mass is 16.7. The minimum atomic E-state index is -0.0394. The maximum absolute atomic E-state index is 7.04. The van der Waals surface area contributed by atoms with Gasteiger partial charge in [0, 0.05) is 30.7 Å². The molecule has 244 valence electrons. The third kappa shape index (κ3) is 5.18. The van der Waals surface area contributed by atoms with Gasteiger partial charge in [-0.1, -0.05) is 12.1 Å². The van der Waals surface area contributed by atoms with Gasteiger partial charge < -0.3 is 33.2 Å². The molecule has 0 amide bonds. The number of likely N-dealkylation sites (N-methyl/N-ethyl adjacent to an activating group) is 2. The zero-order valence-corrected chi connectivity index (χ0v) is 27.6. The van der Waals surface area contributed by atoms with Crippen LogP contribution in [0.15, 0.2) is 54.6 Å². The normalized spacial score (nSPS) is 19.9. The van der Waals surface area contributed by atoms with E-state index in [0.29, 0.717) is 52.4 Å². The predicted octanol–water partition coefficient (Wildman–Crippen LogP) is 6.88. The molecule has 0 saturated heterocycles. The second-order valence-electron chi connectivity index (χ2n) is 12.8. The van der Waals surface area contributed by atoms with Gasteiger partial charge in [-0.25, -0.2) is 0 Å². The fourth-order valence-electron chi connectivity index (χ4n) is 7.57. The van der Waals surface area contributed by atoms with Gasteiger partial charge in [0.15, 0.2) is 34.5 Å². The van der Waals surface area contributed by atoms with Crippen molar-refractivity contribution in [1.29, 1.82) is 0 Å². The molecule has 47 heavy (non-hydrogen) atoms. The molecule has 0 aromatic heterocycles. The molecule has 0 unspecified atom stereocenters. The molecule has 9 nitrogen and oxygen atoms in total. The van der Waals surface area contributed by atoms with Gasteiger partial charge in [-0.15, -0.1) is 0 Å². The van der Waals surface area contributed by atoms with Gasteiger partial charge in [-0.05, 0) is 110 Å². The molecule has 0 radical (unpaired) electrons. The Morgan fingerprint density at radius 1 is 0.638 bits per heavy atom. The molecule has 0 fully saturated rings. The second-order valence-corrected chi connectivity index (χ2v) is 12.8. The van der Waals surface area contributed by atoms with Crippen LogP contribution in [0, 0.1) is 0 Å². The van der Waals surface area contributed by atoms with Crippen molar-refractivity contribution in [2.75, 3.05) is 55.3 Å². The molecule has 0 spiro atoms. The Kier molecular flexibility index (Phi) is 7.53. The molecule has 4 aromatic carbocycles. The molecule has 0 N–H and O–H groups in total. The van der Waals surface area contributed by atoms with E-state index in [1.54, 1.807) is 21.3 Å². The number of ether oxygens (including phenoxy) is 7. The van der Waals surface area contributed by atoms with Crippen molar-refractivity contribution in [2.24, 2.45) is 0 Å². The summed E-state index contributed by atoms with van der Waals surface area (Å²) >= 11 is 0. The van der Waals surface area contributed by atoms with Crippen LogP contribution < -0.4 is 33.2 Å². The highest BCUT2D eigenvalue weighted by Crippen LogP contribution is 2.52. The zero-order valence-electron chi connectivity index (χ0n) is 27.6. The molecule has 2 atom stereocenters. The van der Waals surface area contributed by atoms with E-state index in [2.05, 4.69) is 66.4 Å². The summed E-state index contributed by atoms with van der Waals surface area (Å²) in [5, 5.41) is 0. The standard InChI is InChI=1S/C38H40N2O7/c1-39-12-10-24-18-30(41-3)31-20-27(24)28(39)14-22-6-8-26(9-7-22)46-34-17-23(16-33-36(34)45-21-44-33)15-29-35-25(11-13-40(29)2)19-32(42-4)37(43-5)38(35)47-31/h6-9,16-20,28-29H,10-15,21H2,1-5H3/t28-,29-/m1/s1. The second kappa shape index (κ2) is 11.9. The van der Waals surface area contributed by atoms with E-state index in [9.17, 15) is 0 Å². The van der Waals surface area contributed by atoms with Crippen LogP contribution >= 0.6 is 0 Å². The van der Waals surface area contributed by atoms with Crippen LogP contribution in [-0.2, 0) is 25.7 Å². The number of nitrogens with zero attached hydrogens (tertiary/aromatic N) is 2. The Hall–Kier alpha value is -4.60. The lowest BCUT2D eigenvalue weighted by Gasteiger charge is -2.37. The summed E-state index contributed by atoms with van der Waals surface area (Å²) in [6.45, 7) is 1.99. The van der Waals surface area contributed by atoms with Gasteiger partial charge >= 0.3 is 0 Å². The van der Waals surface area contributed by atoms with E-state index in [1.807, 2.05) is 12.1 Å². The first-order valence-electron chi connectivity index (χ1n) is 16.2. The lowest BCUT2D eigenvalue weighted by Crippen LogP contribution is -2.34. The Labute approximate surface area is 275 Å². The molecule has 9 heteroatoms. The number of rotatable bonds is 3. The average molecular weight is 637 g/mol. The summed E-state index contributed by atoms with van der Waals surface area (Å²) in [5.41, 5.74) is 7.03. The van der Waals surface area contributed by atoms with Crippen molar-refractivity contribution in [3.63, 3.8) is 0 Å². The highest BCUT2D eigenvalue weighted by Gasteiger charge is 2.35. The summed E-state index contributed by atoms with van der Waals surface area (Å²) in [5.74, 6) is 5.90. The largest absolute Gasteiger partial charge is 0.493 e. The number of hydrogen-bond donors (Lipinski definition) is 0. The van der Waals surface area contributed by atoms with Crippen LogP contribution in [0.4, 0.5) is 0 Å². The van der Waals surface area contributed by atoms with E-state index in [1.165, 1.54) is 22.3 Å². The Balaban J connectivity index is 1.36. The van der Waals surface area contributed by atoms with Crippen molar-refractivity contribution in [3.8, 4) is 51.7 Å². The fourth-order valence-corrected chi connectivity index (χ4v) is 7.57. The minimum absolute atomic E-state index is 0.0394. The number of fused-ring (bicyclic) bond motifs is 3. The lowest BCUT2D eigenvalue weighted by atomic mass is 9.87. The molecule has 5 heterocycles. The van der Waals surface area contributed by atoms with Crippen molar-refractivity contribution < 1.29 is 33.2 Å². The van der Waals surface area contributed by atoms with Crippen LogP contribution in [0.25, 0.3) is 0 Å².